The van der Waals surface area contributed by atoms with E-state index in [1.54, 1.807) is 0 Å². The first-order valence-electron chi connectivity index (χ1n) is 7.94. The maximum absolute atomic E-state index is 5.81. The van der Waals surface area contributed by atoms with Crippen LogP contribution in [0.4, 0.5) is 0 Å². The lowest BCUT2D eigenvalue weighted by atomic mass is 9.78. The Kier molecular flexibility index (Phi) is 6.82. The van der Waals surface area contributed by atoms with Gasteiger partial charge in [0.25, 0.3) is 0 Å². The van der Waals surface area contributed by atoms with Crippen LogP contribution in [-0.2, 0) is 9.47 Å². The minimum atomic E-state index is 0.387. The van der Waals surface area contributed by atoms with Crippen molar-refractivity contribution in [3.8, 4) is 0 Å². The van der Waals surface area contributed by atoms with E-state index in [-0.39, 0.29) is 0 Å². The second-order valence-corrected chi connectivity index (χ2v) is 8.10. The first-order chi connectivity index (χ1) is 8.79. The molecule has 0 radical (unpaired) electrons. The van der Waals surface area contributed by atoms with Gasteiger partial charge >= 0.3 is 0 Å². The van der Waals surface area contributed by atoms with Crippen molar-refractivity contribution in [2.24, 2.45) is 16.7 Å². The van der Waals surface area contributed by atoms with E-state index in [4.69, 9.17) is 9.47 Å². The number of rotatable bonds is 7. The minimum absolute atomic E-state index is 0.387. The van der Waals surface area contributed by atoms with E-state index in [1.165, 1.54) is 25.7 Å². The van der Waals surface area contributed by atoms with Crippen LogP contribution in [-0.4, -0.2) is 26.4 Å². The Morgan fingerprint density at radius 2 is 1.53 bits per heavy atom. The van der Waals surface area contributed by atoms with E-state index in [0.717, 1.165) is 38.8 Å². The largest absolute Gasteiger partial charge is 0.381 e. The van der Waals surface area contributed by atoms with E-state index in [9.17, 15) is 0 Å². The molecular formula is C17H34O2. The summed E-state index contributed by atoms with van der Waals surface area (Å²) in [7, 11) is 0. The highest BCUT2D eigenvalue weighted by Crippen LogP contribution is 2.33. The van der Waals surface area contributed by atoms with Gasteiger partial charge in [-0.2, -0.15) is 0 Å². The van der Waals surface area contributed by atoms with Gasteiger partial charge in [-0.05, 0) is 48.9 Å². The summed E-state index contributed by atoms with van der Waals surface area (Å²) in [4.78, 5) is 0. The van der Waals surface area contributed by atoms with Crippen LogP contribution in [0.5, 0.6) is 0 Å². The van der Waals surface area contributed by atoms with E-state index in [1.807, 2.05) is 0 Å². The summed E-state index contributed by atoms with van der Waals surface area (Å²) in [6, 6.07) is 0. The summed E-state index contributed by atoms with van der Waals surface area (Å²) in [5, 5.41) is 0. The molecule has 1 aliphatic heterocycles. The molecule has 0 amide bonds. The third-order valence-corrected chi connectivity index (χ3v) is 4.10. The lowest BCUT2D eigenvalue weighted by Crippen LogP contribution is -2.24. The Morgan fingerprint density at radius 3 is 2.11 bits per heavy atom. The average Bonchev–Trinajstić information content (AvgIpc) is 2.27. The summed E-state index contributed by atoms with van der Waals surface area (Å²) in [6.07, 6.45) is 6.13. The molecular weight excluding hydrogens is 236 g/mol. The van der Waals surface area contributed by atoms with Crippen molar-refractivity contribution in [2.75, 3.05) is 26.4 Å². The third kappa shape index (κ3) is 8.65. The molecule has 114 valence electrons. The van der Waals surface area contributed by atoms with Crippen molar-refractivity contribution < 1.29 is 9.47 Å². The predicted molar refractivity (Wildman–Crippen MR) is 81.4 cm³/mol. The number of hydrogen-bond acceptors (Lipinski definition) is 2. The summed E-state index contributed by atoms with van der Waals surface area (Å²) >= 11 is 0. The van der Waals surface area contributed by atoms with Crippen LogP contribution in [0, 0.1) is 16.7 Å². The van der Waals surface area contributed by atoms with Gasteiger partial charge in [0.1, 0.15) is 0 Å². The third-order valence-electron chi connectivity index (χ3n) is 4.10. The zero-order chi connectivity index (χ0) is 14.4. The van der Waals surface area contributed by atoms with E-state index in [0.29, 0.717) is 10.8 Å². The normalized spacial score (nSPS) is 18.8. The highest BCUT2D eigenvalue weighted by Gasteiger charge is 2.24. The minimum Gasteiger partial charge on any atom is -0.381 e. The highest BCUT2D eigenvalue weighted by atomic mass is 16.5. The monoisotopic (exact) mass is 270 g/mol. The molecule has 0 aromatic carbocycles. The average molecular weight is 270 g/mol. The molecule has 2 nitrogen and oxygen atoms in total. The molecule has 0 aliphatic carbocycles. The smallest absolute Gasteiger partial charge is 0.0471 e. The topological polar surface area (TPSA) is 18.5 Å². The Hall–Kier alpha value is -0.0800. The molecule has 0 N–H and O–H groups in total. The fraction of sp³-hybridized carbons (Fsp3) is 1.00. The van der Waals surface area contributed by atoms with Gasteiger partial charge in [0.05, 0.1) is 0 Å². The fourth-order valence-electron chi connectivity index (χ4n) is 2.66. The van der Waals surface area contributed by atoms with E-state index < -0.39 is 0 Å². The molecule has 0 unspecified atom stereocenters. The molecule has 1 heterocycles. The molecule has 1 aliphatic rings. The van der Waals surface area contributed by atoms with Crippen molar-refractivity contribution in [2.45, 2.75) is 66.7 Å². The molecule has 0 atom stereocenters. The van der Waals surface area contributed by atoms with E-state index >= 15 is 0 Å². The van der Waals surface area contributed by atoms with Crippen LogP contribution in [0.2, 0.25) is 0 Å². The van der Waals surface area contributed by atoms with Crippen molar-refractivity contribution in [1.82, 2.24) is 0 Å². The number of hydrogen-bond donors (Lipinski definition) is 0. The van der Waals surface area contributed by atoms with Crippen LogP contribution >= 0.6 is 0 Å². The molecule has 1 fully saturated rings. The standard InChI is InChI=1S/C17H34O2/c1-16(2,3)8-12-19-13-9-17(4,5)14-15-6-10-18-11-7-15/h15H,6-14H2,1-5H3. The zero-order valence-corrected chi connectivity index (χ0v) is 13.8. The van der Waals surface area contributed by atoms with E-state index in [2.05, 4.69) is 34.6 Å². The molecule has 0 aromatic rings. The van der Waals surface area contributed by atoms with Crippen LogP contribution in [0.25, 0.3) is 0 Å². The van der Waals surface area contributed by atoms with Gasteiger partial charge in [-0.3, -0.25) is 0 Å². The SMILES string of the molecule is CC(C)(C)CCOCCC(C)(C)CC1CCOCC1. The molecule has 19 heavy (non-hydrogen) atoms. The molecule has 1 rings (SSSR count). The molecule has 0 aromatic heterocycles. The van der Waals surface area contributed by atoms with Gasteiger partial charge in [0.15, 0.2) is 0 Å². The Bertz CT molecular complexity index is 234. The summed E-state index contributed by atoms with van der Waals surface area (Å²) < 4.78 is 11.2. The zero-order valence-electron chi connectivity index (χ0n) is 13.8. The lowest BCUT2D eigenvalue weighted by Gasteiger charge is -2.32. The quantitative estimate of drug-likeness (QED) is 0.626. The molecule has 0 saturated carbocycles. The Labute approximate surface area is 120 Å². The first kappa shape index (κ1) is 17.0. The van der Waals surface area contributed by atoms with Gasteiger partial charge in [-0.25, -0.2) is 0 Å². The fourth-order valence-corrected chi connectivity index (χ4v) is 2.66. The molecule has 0 bridgehead atoms. The maximum Gasteiger partial charge on any atom is 0.0471 e. The Morgan fingerprint density at radius 1 is 0.947 bits per heavy atom. The first-order valence-corrected chi connectivity index (χ1v) is 7.94. The molecule has 1 saturated heterocycles. The van der Waals surface area contributed by atoms with Crippen LogP contribution in [0.1, 0.15) is 66.7 Å². The molecule has 0 spiro atoms. The van der Waals surface area contributed by atoms with Crippen LogP contribution in [0.3, 0.4) is 0 Å². The molecule has 2 heteroatoms. The Balaban J connectivity index is 2.12. The maximum atomic E-state index is 5.81. The van der Waals surface area contributed by atoms with Crippen molar-refractivity contribution >= 4 is 0 Å². The summed E-state index contributed by atoms with van der Waals surface area (Å²) in [6.45, 7) is 15.3. The van der Waals surface area contributed by atoms with Gasteiger partial charge in [-0.1, -0.05) is 34.6 Å². The highest BCUT2D eigenvalue weighted by molar-refractivity contribution is 4.75. The van der Waals surface area contributed by atoms with Crippen LogP contribution in [0.15, 0.2) is 0 Å². The van der Waals surface area contributed by atoms with Gasteiger partial charge < -0.3 is 9.47 Å². The number of ether oxygens (including phenoxy) is 2. The predicted octanol–water partition coefficient (Wildman–Crippen LogP) is 4.67. The summed E-state index contributed by atoms with van der Waals surface area (Å²) in [5.74, 6) is 0.860. The van der Waals surface area contributed by atoms with Crippen molar-refractivity contribution in [1.29, 1.82) is 0 Å². The van der Waals surface area contributed by atoms with Crippen molar-refractivity contribution in [3.63, 3.8) is 0 Å². The lowest BCUT2D eigenvalue weighted by molar-refractivity contribution is 0.0399. The van der Waals surface area contributed by atoms with Crippen LogP contribution < -0.4 is 0 Å². The van der Waals surface area contributed by atoms with Gasteiger partial charge in [0.2, 0.25) is 0 Å². The second-order valence-electron chi connectivity index (χ2n) is 8.10. The van der Waals surface area contributed by atoms with Gasteiger partial charge in [-0.15, -0.1) is 0 Å². The van der Waals surface area contributed by atoms with Gasteiger partial charge in [0, 0.05) is 26.4 Å². The summed E-state index contributed by atoms with van der Waals surface area (Å²) in [5.41, 5.74) is 0.793. The van der Waals surface area contributed by atoms with Crippen molar-refractivity contribution in [3.05, 3.63) is 0 Å². The second kappa shape index (κ2) is 7.64.